The van der Waals surface area contributed by atoms with Gasteiger partial charge in [0, 0.05) is 32.7 Å². The largest absolute Gasteiger partial charge is 0.384 e. The van der Waals surface area contributed by atoms with Crippen molar-refractivity contribution in [3.63, 3.8) is 0 Å². The molecule has 1 aromatic heterocycles. The van der Waals surface area contributed by atoms with Crippen molar-refractivity contribution < 1.29 is 9.53 Å². The number of methoxy groups -OCH3 is 1. The molecule has 2 aliphatic heterocycles. The van der Waals surface area contributed by atoms with Gasteiger partial charge in [-0.2, -0.15) is 0 Å². The van der Waals surface area contributed by atoms with Crippen molar-refractivity contribution in [3.8, 4) is 0 Å². The molecule has 1 aliphatic carbocycles. The summed E-state index contributed by atoms with van der Waals surface area (Å²) in [5.41, 5.74) is -0.242. The zero-order valence-corrected chi connectivity index (χ0v) is 17.5. The molecule has 156 valence electrons. The lowest BCUT2D eigenvalue weighted by atomic mass is 9.68. The molecule has 2 saturated heterocycles. The summed E-state index contributed by atoms with van der Waals surface area (Å²) in [4.78, 5) is 17.6. The minimum absolute atomic E-state index is 0.242. The topological polar surface area (TPSA) is 63.5 Å². The molecule has 4 rings (SSSR count). The summed E-state index contributed by atoms with van der Waals surface area (Å²) in [6.45, 7) is 8.59. The molecule has 3 fully saturated rings. The Labute approximate surface area is 168 Å². The minimum atomic E-state index is -0.242. The zero-order valence-electron chi connectivity index (χ0n) is 17.5. The molecule has 0 unspecified atom stereocenters. The van der Waals surface area contributed by atoms with Crippen molar-refractivity contribution in [2.24, 2.45) is 5.41 Å². The van der Waals surface area contributed by atoms with Crippen LogP contribution in [0, 0.1) is 5.41 Å². The van der Waals surface area contributed by atoms with Gasteiger partial charge in [0.05, 0.1) is 18.6 Å². The molecule has 7 heteroatoms. The number of aromatic nitrogens is 3. The van der Waals surface area contributed by atoms with E-state index in [9.17, 15) is 4.79 Å². The summed E-state index contributed by atoms with van der Waals surface area (Å²) in [6, 6.07) is 0. The van der Waals surface area contributed by atoms with Crippen molar-refractivity contribution in [3.05, 3.63) is 11.6 Å². The summed E-state index contributed by atoms with van der Waals surface area (Å²) >= 11 is 0. The number of piperidine rings is 1. The molecule has 0 atom stereocenters. The second-order valence-corrected chi connectivity index (χ2v) is 8.84. The maximum Gasteiger partial charge on any atom is 0.231 e. The van der Waals surface area contributed by atoms with Crippen LogP contribution in [0.5, 0.6) is 0 Å². The van der Waals surface area contributed by atoms with Gasteiger partial charge >= 0.3 is 0 Å². The fourth-order valence-corrected chi connectivity index (χ4v) is 5.23. The quantitative estimate of drug-likeness (QED) is 0.717. The van der Waals surface area contributed by atoms with E-state index in [0.29, 0.717) is 18.4 Å². The van der Waals surface area contributed by atoms with E-state index in [2.05, 4.69) is 31.5 Å². The van der Waals surface area contributed by atoms with Gasteiger partial charge in [-0.3, -0.25) is 9.69 Å². The average molecular weight is 390 g/mol. The van der Waals surface area contributed by atoms with Crippen LogP contribution in [0.1, 0.15) is 69.4 Å². The predicted molar refractivity (Wildman–Crippen MR) is 107 cm³/mol. The highest BCUT2D eigenvalue weighted by atomic mass is 16.5. The number of ether oxygens (including phenoxy) is 1. The average Bonchev–Trinajstić information content (AvgIpc) is 3.34. The summed E-state index contributed by atoms with van der Waals surface area (Å²) < 4.78 is 7.68. The number of rotatable bonds is 7. The Morgan fingerprint density at radius 2 is 1.82 bits per heavy atom. The normalized spacial score (nSPS) is 23.1. The van der Waals surface area contributed by atoms with Gasteiger partial charge in [0.25, 0.3) is 0 Å². The number of carbonyl (C=O) groups excluding carboxylic acids is 1. The summed E-state index contributed by atoms with van der Waals surface area (Å²) in [5, 5.41) is 9.13. The molecule has 7 nitrogen and oxygen atoms in total. The van der Waals surface area contributed by atoms with Gasteiger partial charge in [0.2, 0.25) is 5.91 Å². The highest BCUT2D eigenvalue weighted by molar-refractivity contribution is 5.84. The molecule has 3 heterocycles. The Balaban J connectivity index is 1.38. The second kappa shape index (κ2) is 8.49. The molecule has 1 saturated carbocycles. The Kier molecular flexibility index (Phi) is 6.01. The second-order valence-electron chi connectivity index (χ2n) is 8.84. The van der Waals surface area contributed by atoms with Crippen LogP contribution in [-0.2, 0) is 22.6 Å². The number of amides is 1. The molecule has 0 radical (unpaired) electrons. The van der Waals surface area contributed by atoms with E-state index < -0.39 is 0 Å². The van der Waals surface area contributed by atoms with Gasteiger partial charge in [-0.25, -0.2) is 0 Å². The highest BCUT2D eigenvalue weighted by Crippen LogP contribution is 2.43. The lowest BCUT2D eigenvalue weighted by Gasteiger charge is -2.44. The lowest BCUT2D eigenvalue weighted by Crippen LogP contribution is -2.52. The van der Waals surface area contributed by atoms with Gasteiger partial charge in [0.1, 0.15) is 11.6 Å². The van der Waals surface area contributed by atoms with Crippen molar-refractivity contribution in [1.82, 2.24) is 24.6 Å². The first-order valence-corrected chi connectivity index (χ1v) is 11.1. The van der Waals surface area contributed by atoms with Crippen LogP contribution in [0.15, 0.2) is 0 Å². The standard InChI is InChI=1S/C21H35N5O2/c1-3-26-18(15-24-11-4-5-12-24)22-23-19(26)17-7-13-25(14-8-17)20(27)21(16-28-2)9-6-10-21/h17H,3-16H2,1-2H3. The Morgan fingerprint density at radius 1 is 1.11 bits per heavy atom. The third-order valence-corrected chi connectivity index (χ3v) is 7.07. The first-order chi connectivity index (χ1) is 13.7. The summed E-state index contributed by atoms with van der Waals surface area (Å²) in [7, 11) is 1.71. The first-order valence-electron chi connectivity index (χ1n) is 11.1. The van der Waals surface area contributed by atoms with E-state index in [4.69, 9.17) is 4.74 Å². The first kappa shape index (κ1) is 19.8. The van der Waals surface area contributed by atoms with Gasteiger partial charge in [-0.15, -0.1) is 10.2 Å². The number of carbonyl (C=O) groups is 1. The van der Waals surface area contributed by atoms with Crippen LogP contribution in [0.2, 0.25) is 0 Å². The highest BCUT2D eigenvalue weighted by Gasteiger charge is 2.47. The fourth-order valence-electron chi connectivity index (χ4n) is 5.23. The van der Waals surface area contributed by atoms with Crippen molar-refractivity contribution in [2.75, 3.05) is 39.9 Å². The van der Waals surface area contributed by atoms with E-state index in [0.717, 1.165) is 69.9 Å². The van der Waals surface area contributed by atoms with Crippen LogP contribution >= 0.6 is 0 Å². The van der Waals surface area contributed by atoms with Crippen LogP contribution in [-0.4, -0.2) is 70.4 Å². The van der Waals surface area contributed by atoms with Crippen LogP contribution in [0.4, 0.5) is 0 Å². The van der Waals surface area contributed by atoms with E-state index in [1.54, 1.807) is 7.11 Å². The molecule has 1 aromatic rings. The Morgan fingerprint density at radius 3 is 2.39 bits per heavy atom. The zero-order chi connectivity index (χ0) is 19.6. The lowest BCUT2D eigenvalue weighted by molar-refractivity contribution is -0.153. The molecule has 0 bridgehead atoms. The molecule has 0 spiro atoms. The maximum absolute atomic E-state index is 13.1. The Hall–Kier alpha value is -1.47. The molecule has 0 aromatic carbocycles. The van der Waals surface area contributed by atoms with Crippen LogP contribution in [0.25, 0.3) is 0 Å². The Bertz CT molecular complexity index is 670. The van der Waals surface area contributed by atoms with Crippen molar-refractivity contribution in [2.45, 2.75) is 70.9 Å². The molecule has 0 N–H and O–H groups in total. The SMILES string of the molecule is CCn1c(CN2CCCC2)nnc1C1CCN(C(=O)C2(COC)CCC2)CC1. The van der Waals surface area contributed by atoms with Gasteiger partial charge in [0.15, 0.2) is 0 Å². The number of nitrogens with zero attached hydrogens (tertiary/aromatic N) is 5. The monoisotopic (exact) mass is 389 g/mol. The van der Waals surface area contributed by atoms with E-state index in [-0.39, 0.29) is 5.41 Å². The molecule has 28 heavy (non-hydrogen) atoms. The predicted octanol–water partition coefficient (Wildman–Crippen LogP) is 2.42. The van der Waals surface area contributed by atoms with Crippen LogP contribution in [0.3, 0.4) is 0 Å². The van der Waals surface area contributed by atoms with Crippen LogP contribution < -0.4 is 0 Å². The maximum atomic E-state index is 13.1. The van der Waals surface area contributed by atoms with E-state index >= 15 is 0 Å². The fraction of sp³-hybridized carbons (Fsp3) is 0.857. The summed E-state index contributed by atoms with van der Waals surface area (Å²) in [6.07, 6.45) is 7.65. The van der Waals surface area contributed by atoms with E-state index in [1.807, 2.05) is 0 Å². The van der Waals surface area contributed by atoms with E-state index in [1.165, 1.54) is 25.9 Å². The number of likely N-dealkylation sites (tertiary alicyclic amines) is 2. The van der Waals surface area contributed by atoms with Gasteiger partial charge in [-0.1, -0.05) is 6.42 Å². The third kappa shape index (κ3) is 3.71. The van der Waals surface area contributed by atoms with Gasteiger partial charge in [-0.05, 0) is 58.5 Å². The number of hydrogen-bond acceptors (Lipinski definition) is 5. The third-order valence-electron chi connectivity index (χ3n) is 7.07. The molecule has 3 aliphatic rings. The molecule has 1 amide bonds. The van der Waals surface area contributed by atoms with Gasteiger partial charge < -0.3 is 14.2 Å². The summed E-state index contributed by atoms with van der Waals surface area (Å²) in [5.74, 6) is 2.94. The molecular formula is C21H35N5O2. The minimum Gasteiger partial charge on any atom is -0.384 e. The smallest absolute Gasteiger partial charge is 0.231 e. The molecular weight excluding hydrogens is 354 g/mol. The van der Waals surface area contributed by atoms with Crippen molar-refractivity contribution >= 4 is 5.91 Å². The van der Waals surface area contributed by atoms with Crippen molar-refractivity contribution in [1.29, 1.82) is 0 Å². The number of hydrogen-bond donors (Lipinski definition) is 0.